The third kappa shape index (κ3) is 2.82. The highest BCUT2D eigenvalue weighted by atomic mass is 16.1. The number of hydrogen-bond donors (Lipinski definition) is 2. The van der Waals surface area contributed by atoms with E-state index in [1.54, 1.807) is 10.9 Å². The number of aromatic nitrogens is 2. The minimum absolute atomic E-state index is 0.0640. The van der Waals surface area contributed by atoms with E-state index in [4.69, 9.17) is 5.73 Å². The van der Waals surface area contributed by atoms with Gasteiger partial charge in [-0.2, -0.15) is 5.10 Å². The summed E-state index contributed by atoms with van der Waals surface area (Å²) < 4.78 is 1.69. The Morgan fingerprint density at radius 3 is 2.81 bits per heavy atom. The van der Waals surface area contributed by atoms with Crippen LogP contribution in [0.25, 0.3) is 0 Å². The second-order valence-electron chi connectivity index (χ2n) is 3.92. The quantitative estimate of drug-likeness (QED) is 0.768. The molecule has 0 fully saturated rings. The van der Waals surface area contributed by atoms with Gasteiger partial charge in [0.2, 0.25) is 0 Å². The van der Waals surface area contributed by atoms with Crippen LogP contribution < -0.4 is 11.1 Å². The first-order valence-electron chi connectivity index (χ1n) is 5.59. The van der Waals surface area contributed by atoms with E-state index in [2.05, 4.69) is 10.4 Å². The van der Waals surface area contributed by atoms with Gasteiger partial charge in [-0.3, -0.25) is 9.48 Å². The van der Waals surface area contributed by atoms with Crippen LogP contribution in [-0.4, -0.2) is 28.3 Å². The highest BCUT2D eigenvalue weighted by Gasteiger charge is 2.15. The van der Waals surface area contributed by atoms with Crippen LogP contribution >= 0.6 is 0 Å². The zero-order chi connectivity index (χ0) is 12.1. The normalized spacial score (nSPS) is 12.5. The molecule has 0 bridgehead atoms. The number of nitrogens with two attached hydrogens (primary N) is 1. The molecule has 1 heterocycles. The molecule has 1 unspecified atom stereocenters. The van der Waals surface area contributed by atoms with Gasteiger partial charge in [-0.05, 0) is 26.3 Å². The number of hydrogen-bond acceptors (Lipinski definition) is 3. The van der Waals surface area contributed by atoms with Crippen LogP contribution in [0.4, 0.5) is 0 Å². The number of carbonyl (C=O) groups is 1. The summed E-state index contributed by atoms with van der Waals surface area (Å²) in [5, 5.41) is 7.01. The smallest absolute Gasteiger partial charge is 0.254 e. The van der Waals surface area contributed by atoms with Crippen LogP contribution in [0.1, 0.15) is 35.8 Å². The Balaban J connectivity index is 2.68. The summed E-state index contributed by atoms with van der Waals surface area (Å²) in [5.41, 5.74) is 7.00. The van der Waals surface area contributed by atoms with Crippen molar-refractivity contribution in [1.82, 2.24) is 15.1 Å². The van der Waals surface area contributed by atoms with Gasteiger partial charge in [0.15, 0.2) is 0 Å². The standard InChI is InChI=1S/C11H20N4O/c1-4-9(5-6-12)14-11(16)10-7-13-15(3)8(10)2/h7,9H,4-6,12H2,1-3H3,(H,14,16). The van der Waals surface area contributed by atoms with Crippen LogP contribution in [-0.2, 0) is 7.05 Å². The molecule has 16 heavy (non-hydrogen) atoms. The monoisotopic (exact) mass is 224 g/mol. The van der Waals surface area contributed by atoms with Gasteiger partial charge < -0.3 is 11.1 Å². The lowest BCUT2D eigenvalue weighted by Gasteiger charge is -2.15. The summed E-state index contributed by atoms with van der Waals surface area (Å²) in [6.45, 7) is 4.51. The van der Waals surface area contributed by atoms with Crippen LogP contribution in [0.5, 0.6) is 0 Å². The van der Waals surface area contributed by atoms with Crippen molar-refractivity contribution >= 4 is 5.91 Å². The van der Waals surface area contributed by atoms with Crippen molar-refractivity contribution in [3.05, 3.63) is 17.5 Å². The minimum atomic E-state index is -0.0640. The van der Waals surface area contributed by atoms with E-state index in [0.717, 1.165) is 18.5 Å². The molecule has 0 aliphatic heterocycles. The van der Waals surface area contributed by atoms with Crippen molar-refractivity contribution in [2.75, 3.05) is 6.54 Å². The zero-order valence-corrected chi connectivity index (χ0v) is 10.2. The number of carbonyl (C=O) groups excluding carboxylic acids is 1. The molecule has 1 aromatic rings. The summed E-state index contributed by atoms with van der Waals surface area (Å²) in [7, 11) is 1.82. The Bertz CT molecular complexity index is 359. The first-order chi connectivity index (χ1) is 7.60. The maximum atomic E-state index is 11.9. The maximum absolute atomic E-state index is 11.9. The molecule has 0 spiro atoms. The third-order valence-electron chi connectivity index (χ3n) is 2.82. The molecule has 1 atom stereocenters. The summed E-state index contributed by atoms with van der Waals surface area (Å²) in [5.74, 6) is -0.0640. The molecular formula is C11H20N4O. The van der Waals surface area contributed by atoms with E-state index in [0.29, 0.717) is 12.1 Å². The van der Waals surface area contributed by atoms with Crippen molar-refractivity contribution in [3.8, 4) is 0 Å². The molecule has 0 aliphatic carbocycles. The second kappa shape index (κ2) is 5.65. The summed E-state index contributed by atoms with van der Waals surface area (Å²) >= 11 is 0. The van der Waals surface area contributed by atoms with E-state index in [-0.39, 0.29) is 11.9 Å². The summed E-state index contributed by atoms with van der Waals surface area (Å²) in [6.07, 6.45) is 3.30. The molecule has 0 saturated carbocycles. The van der Waals surface area contributed by atoms with Gasteiger partial charge in [0, 0.05) is 18.8 Å². The molecule has 90 valence electrons. The Morgan fingerprint density at radius 2 is 2.38 bits per heavy atom. The topological polar surface area (TPSA) is 72.9 Å². The lowest BCUT2D eigenvalue weighted by molar-refractivity contribution is 0.0933. The summed E-state index contributed by atoms with van der Waals surface area (Å²) in [6, 6.07) is 0.150. The highest BCUT2D eigenvalue weighted by Crippen LogP contribution is 2.06. The van der Waals surface area contributed by atoms with Gasteiger partial charge in [-0.25, -0.2) is 0 Å². The number of nitrogens with one attached hydrogen (secondary N) is 1. The van der Waals surface area contributed by atoms with Gasteiger partial charge in [-0.15, -0.1) is 0 Å². The Morgan fingerprint density at radius 1 is 1.69 bits per heavy atom. The fraction of sp³-hybridized carbons (Fsp3) is 0.636. The lowest BCUT2D eigenvalue weighted by Crippen LogP contribution is -2.36. The summed E-state index contributed by atoms with van der Waals surface area (Å²) in [4.78, 5) is 11.9. The molecule has 0 saturated heterocycles. The molecule has 0 aromatic carbocycles. The van der Waals surface area contributed by atoms with Crippen molar-refractivity contribution in [2.45, 2.75) is 32.7 Å². The van der Waals surface area contributed by atoms with Gasteiger partial charge in [0.25, 0.3) is 5.91 Å². The van der Waals surface area contributed by atoms with E-state index in [1.165, 1.54) is 0 Å². The number of amides is 1. The first kappa shape index (κ1) is 12.7. The minimum Gasteiger partial charge on any atom is -0.349 e. The van der Waals surface area contributed by atoms with E-state index in [1.807, 2.05) is 20.9 Å². The van der Waals surface area contributed by atoms with Crippen LogP contribution in [0.3, 0.4) is 0 Å². The fourth-order valence-corrected chi connectivity index (χ4v) is 1.56. The number of rotatable bonds is 5. The molecule has 0 radical (unpaired) electrons. The SMILES string of the molecule is CCC(CCN)NC(=O)c1cnn(C)c1C. The molecule has 1 aromatic heterocycles. The first-order valence-corrected chi connectivity index (χ1v) is 5.59. The van der Waals surface area contributed by atoms with Gasteiger partial charge >= 0.3 is 0 Å². The molecule has 1 rings (SSSR count). The average Bonchev–Trinajstić information content (AvgIpc) is 2.59. The zero-order valence-electron chi connectivity index (χ0n) is 10.2. The second-order valence-corrected chi connectivity index (χ2v) is 3.92. The third-order valence-corrected chi connectivity index (χ3v) is 2.82. The molecule has 1 amide bonds. The fourth-order valence-electron chi connectivity index (χ4n) is 1.56. The largest absolute Gasteiger partial charge is 0.349 e. The molecule has 5 heteroatoms. The predicted molar refractivity (Wildman–Crippen MR) is 63.2 cm³/mol. The van der Waals surface area contributed by atoms with Crippen LogP contribution in [0.2, 0.25) is 0 Å². The highest BCUT2D eigenvalue weighted by molar-refractivity contribution is 5.95. The average molecular weight is 224 g/mol. The van der Waals surface area contributed by atoms with E-state index in [9.17, 15) is 4.79 Å². The number of aryl methyl sites for hydroxylation is 1. The van der Waals surface area contributed by atoms with Crippen LogP contribution in [0, 0.1) is 6.92 Å². The van der Waals surface area contributed by atoms with Gasteiger partial charge in [-0.1, -0.05) is 6.92 Å². The number of nitrogens with zero attached hydrogens (tertiary/aromatic N) is 2. The molecule has 5 nitrogen and oxygen atoms in total. The van der Waals surface area contributed by atoms with Crippen molar-refractivity contribution < 1.29 is 4.79 Å². The molecular weight excluding hydrogens is 204 g/mol. The Kier molecular flexibility index (Phi) is 4.49. The van der Waals surface area contributed by atoms with Gasteiger partial charge in [0.1, 0.15) is 0 Å². The van der Waals surface area contributed by atoms with Crippen molar-refractivity contribution in [3.63, 3.8) is 0 Å². The maximum Gasteiger partial charge on any atom is 0.254 e. The van der Waals surface area contributed by atoms with Crippen molar-refractivity contribution in [1.29, 1.82) is 0 Å². The van der Waals surface area contributed by atoms with Crippen LogP contribution in [0.15, 0.2) is 6.20 Å². The van der Waals surface area contributed by atoms with E-state index >= 15 is 0 Å². The van der Waals surface area contributed by atoms with E-state index < -0.39 is 0 Å². The van der Waals surface area contributed by atoms with Gasteiger partial charge in [0.05, 0.1) is 11.8 Å². The Hall–Kier alpha value is -1.36. The Labute approximate surface area is 96.0 Å². The van der Waals surface area contributed by atoms with Crippen molar-refractivity contribution in [2.24, 2.45) is 12.8 Å². The predicted octanol–water partition coefficient (Wildman–Crippen LogP) is 0.586. The lowest BCUT2D eigenvalue weighted by atomic mass is 10.1. The molecule has 3 N–H and O–H groups in total. The molecule has 0 aliphatic rings.